The molecule has 2 fully saturated rings. The number of carbonyl (C=O) groups excluding carboxylic acids is 2. The van der Waals surface area contributed by atoms with Gasteiger partial charge in [-0.1, -0.05) is 20.8 Å². The van der Waals surface area contributed by atoms with Gasteiger partial charge in [0.1, 0.15) is 5.54 Å². The van der Waals surface area contributed by atoms with Gasteiger partial charge in [0.25, 0.3) is 5.91 Å². The van der Waals surface area contributed by atoms with E-state index in [-0.39, 0.29) is 47.2 Å². The zero-order valence-electron chi connectivity index (χ0n) is 16.6. The quantitative estimate of drug-likeness (QED) is 0.250. The third-order valence-electron chi connectivity index (χ3n) is 5.14. The van der Waals surface area contributed by atoms with Gasteiger partial charge in [-0.2, -0.15) is 0 Å². The fourth-order valence-electron chi connectivity index (χ4n) is 3.44. The Kier molecular flexibility index (Phi) is 8.16. The molecule has 2 aliphatic heterocycles. The molecule has 0 aromatic heterocycles. The van der Waals surface area contributed by atoms with Crippen LogP contribution in [0.25, 0.3) is 0 Å². The van der Waals surface area contributed by atoms with Crippen LogP contribution in [0.2, 0.25) is 0 Å². The van der Waals surface area contributed by atoms with Crippen molar-refractivity contribution in [3.05, 3.63) is 0 Å². The zero-order chi connectivity index (χ0) is 18.7. The SMILES string of the molecule is CCNC(=NCCC(C)(C)C)N1CCC(C2(C)NC(=O)NC2=O)CC1.I. The Morgan fingerprint density at radius 2 is 1.92 bits per heavy atom. The average molecular weight is 479 g/mol. The van der Waals surface area contributed by atoms with E-state index in [4.69, 9.17) is 4.99 Å². The van der Waals surface area contributed by atoms with Crippen LogP contribution in [0.15, 0.2) is 4.99 Å². The maximum atomic E-state index is 12.1. The number of guanidine groups is 1. The van der Waals surface area contributed by atoms with Crippen LogP contribution >= 0.6 is 24.0 Å². The van der Waals surface area contributed by atoms with Crippen LogP contribution in [0.3, 0.4) is 0 Å². The van der Waals surface area contributed by atoms with Gasteiger partial charge in [0.15, 0.2) is 5.96 Å². The molecule has 0 radical (unpaired) electrons. The Labute approximate surface area is 174 Å². The van der Waals surface area contributed by atoms with E-state index < -0.39 is 5.54 Å². The maximum absolute atomic E-state index is 12.1. The summed E-state index contributed by atoms with van der Waals surface area (Å²) in [5.41, 5.74) is -0.513. The van der Waals surface area contributed by atoms with Crippen molar-refractivity contribution in [2.45, 2.75) is 59.4 Å². The molecular formula is C18H34IN5O2. The molecule has 2 rings (SSSR count). The molecule has 0 saturated carbocycles. The number of aliphatic imine (C=N–C) groups is 1. The second kappa shape index (κ2) is 9.23. The first-order valence-electron chi connectivity index (χ1n) is 9.32. The summed E-state index contributed by atoms with van der Waals surface area (Å²) in [6.45, 7) is 13.9. The van der Waals surface area contributed by atoms with E-state index in [0.717, 1.165) is 51.4 Å². The van der Waals surface area contributed by atoms with E-state index >= 15 is 0 Å². The van der Waals surface area contributed by atoms with Crippen LogP contribution in [-0.2, 0) is 4.79 Å². The molecule has 1 atom stereocenters. The van der Waals surface area contributed by atoms with Crippen molar-refractivity contribution in [2.75, 3.05) is 26.2 Å². The molecule has 3 amide bonds. The molecule has 0 bridgehead atoms. The maximum Gasteiger partial charge on any atom is 0.322 e. The highest BCUT2D eigenvalue weighted by Crippen LogP contribution is 2.30. The van der Waals surface area contributed by atoms with Crippen LogP contribution < -0.4 is 16.0 Å². The number of nitrogens with one attached hydrogen (secondary N) is 3. The smallest absolute Gasteiger partial charge is 0.322 e. The van der Waals surface area contributed by atoms with E-state index in [1.54, 1.807) is 0 Å². The van der Waals surface area contributed by atoms with Gasteiger partial charge in [-0.3, -0.25) is 15.1 Å². The number of hydrogen-bond donors (Lipinski definition) is 3. The highest BCUT2D eigenvalue weighted by Gasteiger charge is 2.48. The molecule has 26 heavy (non-hydrogen) atoms. The van der Waals surface area contributed by atoms with E-state index in [9.17, 15) is 9.59 Å². The highest BCUT2D eigenvalue weighted by molar-refractivity contribution is 14.0. The third kappa shape index (κ3) is 5.72. The molecule has 2 saturated heterocycles. The second-order valence-electron chi connectivity index (χ2n) is 8.42. The van der Waals surface area contributed by atoms with Crippen LogP contribution in [-0.4, -0.2) is 54.5 Å². The largest absolute Gasteiger partial charge is 0.357 e. The lowest BCUT2D eigenvalue weighted by atomic mass is 9.79. The van der Waals surface area contributed by atoms with Gasteiger partial charge < -0.3 is 15.5 Å². The number of amides is 3. The summed E-state index contributed by atoms with van der Waals surface area (Å²) in [5, 5.41) is 8.54. The molecule has 1 unspecified atom stereocenters. The predicted molar refractivity (Wildman–Crippen MR) is 115 cm³/mol. The minimum Gasteiger partial charge on any atom is -0.357 e. The molecule has 7 nitrogen and oxygen atoms in total. The number of carbonyl (C=O) groups is 2. The minimum absolute atomic E-state index is 0. The summed E-state index contributed by atoms with van der Waals surface area (Å²) in [7, 11) is 0. The summed E-state index contributed by atoms with van der Waals surface area (Å²) in [4.78, 5) is 30.6. The molecule has 150 valence electrons. The number of urea groups is 1. The van der Waals surface area contributed by atoms with Crippen molar-refractivity contribution < 1.29 is 9.59 Å². The lowest BCUT2D eigenvalue weighted by molar-refractivity contribution is -0.125. The molecule has 0 spiro atoms. The summed E-state index contributed by atoms with van der Waals surface area (Å²) >= 11 is 0. The van der Waals surface area contributed by atoms with Crippen LogP contribution in [0.1, 0.15) is 53.9 Å². The van der Waals surface area contributed by atoms with Gasteiger partial charge in [0, 0.05) is 26.2 Å². The molecule has 3 N–H and O–H groups in total. The summed E-state index contributed by atoms with van der Waals surface area (Å²) in [5.74, 6) is 0.893. The molecule has 2 aliphatic rings. The van der Waals surface area contributed by atoms with Gasteiger partial charge in [0.2, 0.25) is 0 Å². The molecule has 0 aromatic carbocycles. The van der Waals surface area contributed by atoms with Crippen molar-refractivity contribution in [3.8, 4) is 0 Å². The van der Waals surface area contributed by atoms with Crippen molar-refractivity contribution in [1.82, 2.24) is 20.9 Å². The number of nitrogens with zero attached hydrogens (tertiary/aromatic N) is 2. The first-order chi connectivity index (χ1) is 11.7. The van der Waals surface area contributed by atoms with Crippen LogP contribution in [0, 0.1) is 11.3 Å². The van der Waals surface area contributed by atoms with E-state index in [2.05, 4.69) is 48.5 Å². The minimum atomic E-state index is -0.787. The topological polar surface area (TPSA) is 85.8 Å². The number of rotatable bonds is 4. The van der Waals surface area contributed by atoms with Gasteiger partial charge in [0.05, 0.1) is 0 Å². The summed E-state index contributed by atoms with van der Waals surface area (Å²) in [6, 6.07) is -0.382. The summed E-state index contributed by atoms with van der Waals surface area (Å²) in [6.07, 6.45) is 2.75. The number of likely N-dealkylation sites (tertiary alicyclic amines) is 1. The molecule has 2 heterocycles. The third-order valence-corrected chi connectivity index (χ3v) is 5.14. The van der Waals surface area contributed by atoms with Gasteiger partial charge in [-0.05, 0) is 44.4 Å². The molecule has 0 aromatic rings. The fraction of sp³-hybridized carbons (Fsp3) is 0.833. The van der Waals surface area contributed by atoms with Gasteiger partial charge in [-0.25, -0.2) is 4.79 Å². The Morgan fingerprint density at radius 1 is 1.31 bits per heavy atom. The Hall–Kier alpha value is -1.06. The van der Waals surface area contributed by atoms with Crippen molar-refractivity contribution in [1.29, 1.82) is 0 Å². The lowest BCUT2D eigenvalue weighted by Gasteiger charge is -2.39. The molecule has 8 heteroatoms. The van der Waals surface area contributed by atoms with Crippen molar-refractivity contribution in [3.63, 3.8) is 0 Å². The Bertz CT molecular complexity index is 538. The van der Waals surface area contributed by atoms with E-state index in [1.165, 1.54) is 0 Å². The first-order valence-corrected chi connectivity index (χ1v) is 9.32. The zero-order valence-corrected chi connectivity index (χ0v) is 19.0. The predicted octanol–water partition coefficient (Wildman–Crippen LogP) is 2.32. The normalized spacial score (nSPS) is 24.8. The molecular weight excluding hydrogens is 445 g/mol. The lowest BCUT2D eigenvalue weighted by Crippen LogP contribution is -2.55. The monoisotopic (exact) mass is 479 g/mol. The summed E-state index contributed by atoms with van der Waals surface area (Å²) < 4.78 is 0. The van der Waals surface area contributed by atoms with E-state index in [0.29, 0.717) is 0 Å². The van der Waals surface area contributed by atoms with Crippen LogP contribution in [0.5, 0.6) is 0 Å². The van der Waals surface area contributed by atoms with Gasteiger partial charge >= 0.3 is 6.03 Å². The Balaban J connectivity index is 0.00000338. The number of imide groups is 1. The molecule has 0 aliphatic carbocycles. The highest BCUT2D eigenvalue weighted by atomic mass is 127. The number of halogens is 1. The number of piperidine rings is 1. The second-order valence-corrected chi connectivity index (χ2v) is 8.42. The fourth-order valence-corrected chi connectivity index (χ4v) is 3.44. The standard InChI is InChI=1S/C18H33N5O2.HI/c1-6-19-15(20-10-9-17(2,3)4)23-11-7-13(8-12-23)18(5)14(24)21-16(25)22-18;/h13H,6-12H2,1-5H3,(H,19,20)(H2,21,22,24,25);1H. The van der Waals surface area contributed by atoms with Gasteiger partial charge in [-0.15, -0.1) is 24.0 Å². The van der Waals surface area contributed by atoms with Crippen molar-refractivity contribution in [2.24, 2.45) is 16.3 Å². The van der Waals surface area contributed by atoms with E-state index in [1.807, 2.05) is 6.92 Å². The Morgan fingerprint density at radius 3 is 2.38 bits per heavy atom. The van der Waals surface area contributed by atoms with Crippen LogP contribution in [0.4, 0.5) is 4.79 Å². The van der Waals surface area contributed by atoms with Crippen molar-refractivity contribution >= 4 is 41.9 Å². The number of hydrogen-bond acceptors (Lipinski definition) is 3. The average Bonchev–Trinajstić information content (AvgIpc) is 2.79. The first kappa shape index (κ1) is 23.0.